The maximum atomic E-state index is 12.7. The molecule has 2 heterocycles. The molecule has 0 aliphatic rings. The molecule has 25 heavy (non-hydrogen) atoms. The van der Waals surface area contributed by atoms with E-state index in [4.69, 9.17) is 11.6 Å². The smallest absolute Gasteiger partial charge is 0.291 e. The number of rotatable bonds is 5. The number of carbonyl (C=O) groups excluding carboxylic acids is 1. The number of hydrogen-bond acceptors (Lipinski definition) is 4. The van der Waals surface area contributed by atoms with Gasteiger partial charge >= 0.3 is 0 Å². The van der Waals surface area contributed by atoms with Crippen LogP contribution in [0.2, 0.25) is 5.02 Å². The first-order chi connectivity index (χ1) is 12.0. The molecule has 0 fully saturated rings. The third-order valence-electron chi connectivity index (χ3n) is 3.86. The highest BCUT2D eigenvalue weighted by Gasteiger charge is 2.23. The van der Waals surface area contributed by atoms with E-state index in [1.807, 2.05) is 35.7 Å². The second kappa shape index (κ2) is 7.37. The zero-order valence-corrected chi connectivity index (χ0v) is 15.8. The Morgan fingerprint density at radius 2 is 2.00 bits per heavy atom. The van der Waals surface area contributed by atoms with Gasteiger partial charge in [0.1, 0.15) is 5.82 Å². The minimum absolute atomic E-state index is 0.0694. The number of para-hydroxylation sites is 1. The fourth-order valence-corrected chi connectivity index (χ4v) is 3.74. The molecule has 0 radical (unpaired) electrons. The van der Waals surface area contributed by atoms with Crippen LogP contribution in [-0.4, -0.2) is 20.7 Å². The summed E-state index contributed by atoms with van der Waals surface area (Å²) in [5.74, 6) is 0.713. The van der Waals surface area contributed by atoms with E-state index in [0.29, 0.717) is 16.5 Å². The van der Waals surface area contributed by atoms with E-state index in [1.54, 1.807) is 29.0 Å². The Balaban J connectivity index is 1.86. The van der Waals surface area contributed by atoms with Crippen LogP contribution in [0.15, 0.2) is 41.8 Å². The number of nitrogens with zero attached hydrogens (tertiary/aromatic N) is 3. The van der Waals surface area contributed by atoms with Crippen molar-refractivity contribution >= 4 is 28.8 Å². The second-order valence-electron chi connectivity index (χ2n) is 6.06. The molecule has 1 atom stereocenters. The molecule has 1 N–H and O–H groups in total. The lowest BCUT2D eigenvalue weighted by Gasteiger charge is -2.20. The summed E-state index contributed by atoms with van der Waals surface area (Å²) in [5, 5.41) is 9.95. The van der Waals surface area contributed by atoms with Crippen molar-refractivity contribution in [2.75, 3.05) is 0 Å². The molecule has 130 valence electrons. The standard InChI is InChI=1S/C18H19ClN4OS/c1-11(2)16(15-9-6-10-25-15)21-18(24)17-20-12(3)23(22-17)14-8-5-4-7-13(14)19/h4-11,16H,1-3H3,(H,21,24). The maximum absolute atomic E-state index is 12.7. The average molecular weight is 375 g/mol. The van der Waals surface area contributed by atoms with Crippen molar-refractivity contribution in [2.45, 2.75) is 26.8 Å². The van der Waals surface area contributed by atoms with Crippen LogP contribution in [0, 0.1) is 12.8 Å². The van der Waals surface area contributed by atoms with E-state index in [0.717, 1.165) is 4.88 Å². The molecule has 1 unspecified atom stereocenters. The summed E-state index contributed by atoms with van der Waals surface area (Å²) in [5.41, 5.74) is 0.701. The molecule has 0 bridgehead atoms. The van der Waals surface area contributed by atoms with Crippen LogP contribution in [0.1, 0.15) is 41.2 Å². The average Bonchev–Trinajstić information content (AvgIpc) is 3.22. The number of nitrogens with one attached hydrogen (secondary N) is 1. The molecular weight excluding hydrogens is 356 g/mol. The monoisotopic (exact) mass is 374 g/mol. The highest BCUT2D eigenvalue weighted by Crippen LogP contribution is 2.26. The molecular formula is C18H19ClN4OS. The summed E-state index contributed by atoms with van der Waals surface area (Å²) >= 11 is 7.85. The van der Waals surface area contributed by atoms with Crippen molar-refractivity contribution in [1.82, 2.24) is 20.1 Å². The molecule has 2 aromatic heterocycles. The van der Waals surface area contributed by atoms with Crippen molar-refractivity contribution in [3.63, 3.8) is 0 Å². The highest BCUT2D eigenvalue weighted by molar-refractivity contribution is 7.10. The first kappa shape index (κ1) is 17.6. The Hall–Kier alpha value is -2.18. The van der Waals surface area contributed by atoms with E-state index in [-0.39, 0.29) is 23.7 Å². The zero-order valence-electron chi connectivity index (χ0n) is 14.2. The lowest BCUT2D eigenvalue weighted by molar-refractivity contribution is 0.0916. The van der Waals surface area contributed by atoms with Gasteiger partial charge in [-0.1, -0.05) is 43.6 Å². The second-order valence-corrected chi connectivity index (χ2v) is 7.44. The quantitative estimate of drug-likeness (QED) is 0.719. The number of hydrogen-bond donors (Lipinski definition) is 1. The minimum atomic E-state index is -0.291. The molecule has 0 saturated heterocycles. The number of thiophene rings is 1. The molecule has 3 rings (SSSR count). The summed E-state index contributed by atoms with van der Waals surface area (Å²) in [6, 6.07) is 11.3. The molecule has 5 nitrogen and oxygen atoms in total. The normalized spacial score (nSPS) is 12.4. The van der Waals surface area contributed by atoms with Crippen LogP contribution in [0.25, 0.3) is 5.69 Å². The van der Waals surface area contributed by atoms with Crippen LogP contribution in [0.4, 0.5) is 0 Å². The van der Waals surface area contributed by atoms with Gasteiger partial charge in [0, 0.05) is 4.88 Å². The summed E-state index contributed by atoms with van der Waals surface area (Å²) in [4.78, 5) is 18.1. The maximum Gasteiger partial charge on any atom is 0.291 e. The molecule has 7 heteroatoms. The van der Waals surface area contributed by atoms with Crippen LogP contribution in [0.5, 0.6) is 0 Å². The molecule has 3 aromatic rings. The van der Waals surface area contributed by atoms with E-state index < -0.39 is 0 Å². The van der Waals surface area contributed by atoms with E-state index in [1.165, 1.54) is 0 Å². The van der Waals surface area contributed by atoms with Crippen LogP contribution in [-0.2, 0) is 0 Å². The summed E-state index contributed by atoms with van der Waals surface area (Å²) in [6.45, 7) is 5.95. The van der Waals surface area contributed by atoms with Crippen molar-refractivity contribution in [3.8, 4) is 5.69 Å². The van der Waals surface area contributed by atoms with Gasteiger partial charge in [0.2, 0.25) is 5.82 Å². The Morgan fingerprint density at radius 3 is 2.64 bits per heavy atom. The summed E-state index contributed by atoms with van der Waals surface area (Å²) < 4.78 is 1.59. The van der Waals surface area contributed by atoms with Crippen molar-refractivity contribution < 1.29 is 4.79 Å². The number of carbonyl (C=O) groups is 1. The first-order valence-electron chi connectivity index (χ1n) is 8.00. The first-order valence-corrected chi connectivity index (χ1v) is 9.26. The van der Waals surface area contributed by atoms with Gasteiger partial charge in [-0.05, 0) is 36.4 Å². The third kappa shape index (κ3) is 3.75. The lowest BCUT2D eigenvalue weighted by atomic mass is 10.0. The zero-order chi connectivity index (χ0) is 18.0. The van der Waals surface area contributed by atoms with Gasteiger partial charge in [-0.3, -0.25) is 4.79 Å². The Bertz CT molecular complexity index is 873. The Morgan fingerprint density at radius 1 is 1.24 bits per heavy atom. The van der Waals surface area contributed by atoms with Gasteiger partial charge in [0.05, 0.1) is 16.8 Å². The van der Waals surface area contributed by atoms with Crippen LogP contribution >= 0.6 is 22.9 Å². The number of aryl methyl sites for hydroxylation is 1. The number of aromatic nitrogens is 3. The molecule has 0 saturated carbocycles. The number of benzene rings is 1. The van der Waals surface area contributed by atoms with Gasteiger partial charge in [-0.15, -0.1) is 16.4 Å². The van der Waals surface area contributed by atoms with Crippen molar-refractivity contribution in [1.29, 1.82) is 0 Å². The fourth-order valence-electron chi connectivity index (χ4n) is 2.58. The van der Waals surface area contributed by atoms with Gasteiger partial charge < -0.3 is 5.32 Å². The van der Waals surface area contributed by atoms with Gasteiger partial charge in [-0.25, -0.2) is 9.67 Å². The molecule has 1 amide bonds. The van der Waals surface area contributed by atoms with Crippen molar-refractivity contribution in [3.05, 3.63) is 63.3 Å². The molecule has 0 aliphatic carbocycles. The highest BCUT2D eigenvalue weighted by atomic mass is 35.5. The lowest BCUT2D eigenvalue weighted by Crippen LogP contribution is -2.32. The van der Waals surface area contributed by atoms with Crippen molar-refractivity contribution in [2.24, 2.45) is 5.92 Å². The molecule has 0 aliphatic heterocycles. The summed E-state index contributed by atoms with van der Waals surface area (Å²) in [6.07, 6.45) is 0. The Labute approximate surface area is 155 Å². The number of amides is 1. The van der Waals surface area contributed by atoms with Crippen LogP contribution < -0.4 is 5.32 Å². The van der Waals surface area contributed by atoms with Gasteiger partial charge in [-0.2, -0.15) is 0 Å². The van der Waals surface area contributed by atoms with E-state index in [2.05, 4.69) is 29.2 Å². The third-order valence-corrected chi connectivity index (χ3v) is 5.13. The Kier molecular flexibility index (Phi) is 5.20. The topological polar surface area (TPSA) is 59.8 Å². The number of halogens is 1. The van der Waals surface area contributed by atoms with E-state index in [9.17, 15) is 4.79 Å². The van der Waals surface area contributed by atoms with E-state index >= 15 is 0 Å². The van der Waals surface area contributed by atoms with Gasteiger partial charge in [0.25, 0.3) is 5.91 Å². The summed E-state index contributed by atoms with van der Waals surface area (Å²) in [7, 11) is 0. The van der Waals surface area contributed by atoms with Gasteiger partial charge in [0.15, 0.2) is 0 Å². The predicted molar refractivity (Wildman–Crippen MR) is 100 cm³/mol. The SMILES string of the molecule is Cc1nc(C(=O)NC(c2cccs2)C(C)C)nn1-c1ccccc1Cl. The molecule has 0 spiro atoms. The predicted octanol–water partition coefficient (Wildman–Crippen LogP) is 4.42. The largest absolute Gasteiger partial charge is 0.341 e. The minimum Gasteiger partial charge on any atom is -0.341 e. The molecule has 1 aromatic carbocycles. The fraction of sp³-hybridized carbons (Fsp3) is 0.278. The van der Waals surface area contributed by atoms with Crippen LogP contribution in [0.3, 0.4) is 0 Å².